The molecule has 0 radical (unpaired) electrons. The predicted molar refractivity (Wildman–Crippen MR) is 134 cm³/mol. The van der Waals surface area contributed by atoms with E-state index in [1.54, 1.807) is 13.0 Å². The SMILES string of the molecule is C[C@@H]1Cc2c([nH]c3cc(F)ccc23)[C@@H](c2c(F)cc(C(O)C3CN(CCCF)C3)cc2F)N1CC(F)(F)CO. The molecule has 1 aromatic heterocycles. The van der Waals surface area contributed by atoms with Gasteiger partial charge in [0.05, 0.1) is 25.4 Å². The smallest absolute Gasteiger partial charge is 0.283 e. The standard InChI is InChI=1S/C28H31F6N3O2/c1-15-7-20-19-4-3-18(30)10-23(19)35-25(20)26(37(15)13-28(33,34)14-38)24-21(31)8-16(9-22(24)32)27(39)17-11-36(12-17)6-2-5-29/h3-4,8-10,15,17,26-27,35,38-39H,2,5-7,11-14H2,1H3/t15-,26-,27?/m1/s1. The monoisotopic (exact) mass is 555 g/mol. The number of hydrogen-bond acceptors (Lipinski definition) is 4. The van der Waals surface area contributed by atoms with Crippen LogP contribution < -0.4 is 0 Å². The highest BCUT2D eigenvalue weighted by Crippen LogP contribution is 2.44. The lowest BCUT2D eigenvalue weighted by molar-refractivity contribution is -0.0869. The van der Waals surface area contributed by atoms with Crippen LogP contribution in [-0.2, 0) is 6.42 Å². The Kier molecular flexibility index (Phi) is 7.71. The van der Waals surface area contributed by atoms with Gasteiger partial charge in [0, 0.05) is 53.8 Å². The van der Waals surface area contributed by atoms with Crippen LogP contribution in [0.15, 0.2) is 30.3 Å². The minimum atomic E-state index is -3.54. The van der Waals surface area contributed by atoms with Crippen LogP contribution in [0.1, 0.15) is 47.9 Å². The van der Waals surface area contributed by atoms with Crippen LogP contribution >= 0.6 is 0 Å². The molecule has 3 aromatic rings. The third-order valence-electron chi connectivity index (χ3n) is 7.97. The van der Waals surface area contributed by atoms with Crippen molar-refractivity contribution in [1.29, 1.82) is 0 Å². The number of aromatic nitrogens is 1. The van der Waals surface area contributed by atoms with Crippen LogP contribution in [0.5, 0.6) is 0 Å². The molecule has 3 N–H and O–H groups in total. The summed E-state index contributed by atoms with van der Waals surface area (Å²) in [5.74, 6) is -6.36. The number of rotatable bonds is 9. The molecule has 0 spiro atoms. The molecular weight excluding hydrogens is 524 g/mol. The van der Waals surface area contributed by atoms with E-state index in [1.807, 2.05) is 4.90 Å². The highest BCUT2D eigenvalue weighted by atomic mass is 19.3. The molecule has 3 heterocycles. The van der Waals surface area contributed by atoms with Crippen LogP contribution in [0.25, 0.3) is 10.9 Å². The maximum Gasteiger partial charge on any atom is 0.283 e. The Morgan fingerprint density at radius 2 is 1.79 bits per heavy atom. The van der Waals surface area contributed by atoms with Crippen molar-refractivity contribution in [2.24, 2.45) is 5.92 Å². The molecule has 2 aliphatic rings. The molecule has 0 aliphatic carbocycles. The summed E-state index contributed by atoms with van der Waals surface area (Å²) >= 11 is 0. The third kappa shape index (κ3) is 5.29. The van der Waals surface area contributed by atoms with Gasteiger partial charge in [-0.3, -0.25) is 9.29 Å². The second-order valence-corrected chi connectivity index (χ2v) is 10.8. The van der Waals surface area contributed by atoms with E-state index in [4.69, 9.17) is 0 Å². The molecule has 5 nitrogen and oxygen atoms in total. The predicted octanol–water partition coefficient (Wildman–Crippen LogP) is 4.87. The van der Waals surface area contributed by atoms with E-state index in [0.717, 1.165) is 12.1 Å². The number of benzene rings is 2. The van der Waals surface area contributed by atoms with Gasteiger partial charge in [-0.2, -0.15) is 0 Å². The lowest BCUT2D eigenvalue weighted by Crippen LogP contribution is -2.50. The zero-order valence-electron chi connectivity index (χ0n) is 21.4. The molecule has 2 aromatic carbocycles. The molecule has 5 rings (SSSR count). The number of likely N-dealkylation sites (tertiary alicyclic amines) is 1. The summed E-state index contributed by atoms with van der Waals surface area (Å²) in [6.45, 7) is 0.273. The van der Waals surface area contributed by atoms with E-state index in [2.05, 4.69) is 4.98 Å². The molecule has 11 heteroatoms. The number of nitrogens with zero attached hydrogens (tertiary/aromatic N) is 2. The van der Waals surface area contributed by atoms with Gasteiger partial charge in [0.15, 0.2) is 0 Å². The van der Waals surface area contributed by atoms with E-state index < -0.39 is 67.0 Å². The summed E-state index contributed by atoms with van der Waals surface area (Å²) in [7, 11) is 0. The van der Waals surface area contributed by atoms with Crippen molar-refractivity contribution in [2.45, 2.75) is 43.9 Å². The summed E-state index contributed by atoms with van der Waals surface area (Å²) in [5.41, 5.74) is 0.854. The van der Waals surface area contributed by atoms with Gasteiger partial charge < -0.3 is 20.1 Å². The first-order valence-corrected chi connectivity index (χ1v) is 13.0. The zero-order chi connectivity index (χ0) is 28.1. The highest BCUT2D eigenvalue weighted by molar-refractivity contribution is 5.85. The Hall–Kier alpha value is -2.60. The maximum absolute atomic E-state index is 15.8. The summed E-state index contributed by atoms with van der Waals surface area (Å²) in [6.07, 6.45) is -0.523. The number of aliphatic hydroxyl groups excluding tert-OH is 2. The minimum absolute atomic E-state index is 0.0268. The van der Waals surface area contributed by atoms with Gasteiger partial charge >= 0.3 is 0 Å². The first-order valence-electron chi connectivity index (χ1n) is 13.0. The number of aliphatic hydroxyl groups is 2. The Bertz CT molecular complexity index is 1320. The van der Waals surface area contributed by atoms with Crippen LogP contribution in [-0.4, -0.2) is 76.4 Å². The fraction of sp³-hybridized carbons (Fsp3) is 0.500. The normalized spacial score (nSPS) is 21.8. The molecule has 212 valence electrons. The van der Waals surface area contributed by atoms with Gasteiger partial charge in [0.2, 0.25) is 0 Å². The van der Waals surface area contributed by atoms with E-state index in [0.29, 0.717) is 42.5 Å². The first-order chi connectivity index (χ1) is 18.5. The number of alkyl halides is 3. The quantitative estimate of drug-likeness (QED) is 0.330. The Labute approximate surface area is 222 Å². The molecule has 1 unspecified atom stereocenters. The molecule has 0 bridgehead atoms. The highest BCUT2D eigenvalue weighted by Gasteiger charge is 2.44. The second-order valence-electron chi connectivity index (χ2n) is 10.8. The zero-order valence-corrected chi connectivity index (χ0v) is 21.4. The van der Waals surface area contributed by atoms with Crippen molar-refractivity contribution in [3.8, 4) is 0 Å². The van der Waals surface area contributed by atoms with Gasteiger partial charge in [-0.15, -0.1) is 0 Å². The van der Waals surface area contributed by atoms with Crippen molar-refractivity contribution in [1.82, 2.24) is 14.8 Å². The van der Waals surface area contributed by atoms with Crippen LogP contribution in [0.3, 0.4) is 0 Å². The van der Waals surface area contributed by atoms with Crippen LogP contribution in [0, 0.1) is 23.4 Å². The number of hydrogen-bond donors (Lipinski definition) is 3. The minimum Gasteiger partial charge on any atom is -0.390 e. The average molecular weight is 556 g/mol. The van der Waals surface area contributed by atoms with E-state index in [1.165, 1.54) is 17.0 Å². The summed E-state index contributed by atoms with van der Waals surface area (Å²) in [4.78, 5) is 6.19. The van der Waals surface area contributed by atoms with Gasteiger partial charge in [-0.05, 0) is 61.2 Å². The average Bonchev–Trinajstić information content (AvgIpc) is 3.20. The van der Waals surface area contributed by atoms with Gasteiger partial charge in [-0.1, -0.05) is 0 Å². The Morgan fingerprint density at radius 3 is 2.44 bits per heavy atom. The van der Waals surface area contributed by atoms with Crippen molar-refractivity contribution >= 4 is 10.9 Å². The van der Waals surface area contributed by atoms with Crippen LogP contribution in [0.4, 0.5) is 26.3 Å². The summed E-state index contributed by atoms with van der Waals surface area (Å²) in [6, 6.07) is 4.18. The lowest BCUT2D eigenvalue weighted by Gasteiger charge is -2.43. The third-order valence-corrected chi connectivity index (χ3v) is 7.97. The molecule has 1 saturated heterocycles. The molecule has 1 fully saturated rings. The fourth-order valence-corrected chi connectivity index (χ4v) is 5.99. The maximum atomic E-state index is 15.8. The topological polar surface area (TPSA) is 62.7 Å². The van der Waals surface area contributed by atoms with Gasteiger partial charge in [0.25, 0.3) is 5.92 Å². The first kappa shape index (κ1) is 27.9. The Morgan fingerprint density at radius 1 is 1.10 bits per heavy atom. The van der Waals surface area contributed by atoms with Crippen molar-refractivity contribution in [2.75, 3.05) is 39.5 Å². The van der Waals surface area contributed by atoms with Gasteiger partial charge in [0.1, 0.15) is 24.1 Å². The summed E-state index contributed by atoms with van der Waals surface area (Å²) < 4.78 is 86.8. The molecule has 2 aliphatic heterocycles. The van der Waals surface area contributed by atoms with E-state index >= 15 is 8.78 Å². The number of halogens is 6. The van der Waals surface area contributed by atoms with Crippen molar-refractivity contribution in [3.05, 3.63) is 70.2 Å². The largest absolute Gasteiger partial charge is 0.390 e. The van der Waals surface area contributed by atoms with Crippen molar-refractivity contribution < 1.29 is 36.6 Å². The summed E-state index contributed by atoms with van der Waals surface area (Å²) in [5, 5.41) is 20.6. The number of aromatic amines is 1. The van der Waals surface area contributed by atoms with E-state index in [-0.39, 0.29) is 23.6 Å². The molecule has 0 amide bonds. The number of H-pyrrole nitrogens is 1. The molecular formula is C28H31F6N3O2. The second kappa shape index (κ2) is 10.8. The number of fused-ring (bicyclic) bond motifs is 3. The fourth-order valence-electron chi connectivity index (χ4n) is 5.99. The Balaban J connectivity index is 1.54. The molecule has 0 saturated carbocycles. The van der Waals surface area contributed by atoms with Gasteiger partial charge in [-0.25, -0.2) is 22.0 Å². The molecule has 3 atom stereocenters. The van der Waals surface area contributed by atoms with Crippen LogP contribution in [0.2, 0.25) is 0 Å². The molecule has 39 heavy (non-hydrogen) atoms. The number of nitrogens with one attached hydrogen (secondary N) is 1. The van der Waals surface area contributed by atoms with Crippen molar-refractivity contribution in [3.63, 3.8) is 0 Å². The lowest BCUT2D eigenvalue weighted by atomic mass is 9.85. The van der Waals surface area contributed by atoms with E-state index in [9.17, 15) is 27.8 Å².